The van der Waals surface area contributed by atoms with Gasteiger partial charge in [-0.2, -0.15) is 0 Å². The Hall–Kier alpha value is -2.40. The Kier molecular flexibility index (Phi) is 4.81. The molecule has 3 aliphatic rings. The third-order valence-electron chi connectivity index (χ3n) is 6.98. The lowest BCUT2D eigenvalue weighted by Gasteiger charge is -2.33. The number of aromatic nitrogens is 3. The average molecular weight is 406 g/mol. The van der Waals surface area contributed by atoms with Crippen LogP contribution in [0.25, 0.3) is 11.2 Å². The molecule has 0 aromatic carbocycles. The van der Waals surface area contributed by atoms with E-state index in [2.05, 4.69) is 57.0 Å². The van der Waals surface area contributed by atoms with Crippen LogP contribution >= 0.6 is 0 Å². The highest BCUT2D eigenvalue weighted by Gasteiger charge is 2.38. The summed E-state index contributed by atoms with van der Waals surface area (Å²) in [7, 11) is 2.21. The fourth-order valence-electron chi connectivity index (χ4n) is 5.32. The van der Waals surface area contributed by atoms with E-state index < -0.39 is 0 Å². The van der Waals surface area contributed by atoms with Crippen LogP contribution in [0.4, 0.5) is 0 Å². The number of allylic oxidation sites excluding steroid dienone is 2. The number of likely N-dealkylation sites (N-methyl/N-ethyl adjacent to an activating group) is 1. The molecular formula is C24H31N5O. The smallest absolute Gasteiger partial charge is 0.178 e. The number of aromatic amines is 1. The lowest BCUT2D eigenvalue weighted by atomic mass is 9.88. The van der Waals surface area contributed by atoms with E-state index in [-0.39, 0.29) is 11.6 Å². The number of pyridine rings is 1. The fraction of sp³-hybridized carbons (Fsp3) is 0.542. The van der Waals surface area contributed by atoms with Crippen molar-refractivity contribution in [2.75, 3.05) is 13.6 Å². The number of nitrogens with one attached hydrogen (secondary N) is 2. The van der Waals surface area contributed by atoms with Gasteiger partial charge in [-0.05, 0) is 64.6 Å². The molecule has 6 heteroatoms. The van der Waals surface area contributed by atoms with Crippen molar-refractivity contribution < 1.29 is 5.11 Å². The molecule has 2 aliphatic carbocycles. The van der Waals surface area contributed by atoms with Crippen molar-refractivity contribution in [3.63, 3.8) is 0 Å². The Labute approximate surface area is 177 Å². The zero-order valence-corrected chi connectivity index (χ0v) is 18.1. The van der Waals surface area contributed by atoms with Gasteiger partial charge in [0.15, 0.2) is 5.65 Å². The van der Waals surface area contributed by atoms with Crippen molar-refractivity contribution in [2.24, 2.45) is 0 Å². The highest BCUT2D eigenvalue weighted by molar-refractivity contribution is 5.76. The van der Waals surface area contributed by atoms with Crippen molar-refractivity contribution in [1.29, 1.82) is 0 Å². The summed E-state index contributed by atoms with van der Waals surface area (Å²) in [5.74, 6) is 0.892. The summed E-state index contributed by atoms with van der Waals surface area (Å²) in [4.78, 5) is 14.8. The van der Waals surface area contributed by atoms with Gasteiger partial charge in [-0.1, -0.05) is 6.08 Å². The number of H-pyrrole nitrogens is 1. The van der Waals surface area contributed by atoms with Crippen LogP contribution in [-0.4, -0.2) is 50.7 Å². The minimum absolute atomic E-state index is 0.100. The summed E-state index contributed by atoms with van der Waals surface area (Å²) in [6.07, 6.45) is 9.94. The molecule has 2 aromatic rings. The molecule has 1 unspecified atom stereocenters. The first-order chi connectivity index (χ1) is 14.4. The van der Waals surface area contributed by atoms with Gasteiger partial charge in [0.05, 0.1) is 17.2 Å². The first-order valence-electron chi connectivity index (χ1n) is 11.1. The van der Waals surface area contributed by atoms with Crippen molar-refractivity contribution in [3.05, 3.63) is 52.3 Å². The van der Waals surface area contributed by atoms with Crippen molar-refractivity contribution in [1.82, 2.24) is 25.2 Å². The second-order valence-electron chi connectivity index (χ2n) is 9.42. The first-order valence-corrected chi connectivity index (χ1v) is 11.1. The summed E-state index contributed by atoms with van der Waals surface area (Å²) in [6, 6.07) is 2.67. The third-order valence-corrected chi connectivity index (χ3v) is 6.98. The van der Waals surface area contributed by atoms with Crippen LogP contribution < -0.4 is 5.32 Å². The van der Waals surface area contributed by atoms with Gasteiger partial charge in [-0.25, -0.2) is 9.97 Å². The fourth-order valence-corrected chi connectivity index (χ4v) is 5.32. The van der Waals surface area contributed by atoms with Gasteiger partial charge in [0.1, 0.15) is 5.82 Å². The third kappa shape index (κ3) is 3.49. The summed E-state index contributed by atoms with van der Waals surface area (Å²) >= 11 is 0. The predicted octanol–water partition coefficient (Wildman–Crippen LogP) is 3.45. The van der Waals surface area contributed by atoms with Crippen molar-refractivity contribution >= 4 is 11.2 Å². The number of hydrogen-bond donors (Lipinski definition) is 3. The Balaban J connectivity index is 1.38. The van der Waals surface area contributed by atoms with E-state index in [0.29, 0.717) is 6.04 Å². The Morgan fingerprint density at radius 1 is 1.30 bits per heavy atom. The van der Waals surface area contributed by atoms with Crippen LogP contribution in [0.2, 0.25) is 0 Å². The number of aryl methyl sites for hydroxylation is 1. The second-order valence-corrected chi connectivity index (χ2v) is 9.42. The van der Waals surface area contributed by atoms with Gasteiger partial charge in [-0.3, -0.25) is 4.90 Å². The molecule has 158 valence electrons. The van der Waals surface area contributed by atoms with Crippen LogP contribution in [0.3, 0.4) is 0 Å². The monoisotopic (exact) mass is 405 g/mol. The molecule has 0 bridgehead atoms. The van der Waals surface area contributed by atoms with Crippen LogP contribution in [0, 0.1) is 6.92 Å². The van der Waals surface area contributed by atoms with Crippen LogP contribution in [0.15, 0.2) is 40.9 Å². The molecule has 1 atom stereocenters. The normalized spacial score (nSPS) is 28.8. The van der Waals surface area contributed by atoms with Gasteiger partial charge in [0.2, 0.25) is 0 Å². The van der Waals surface area contributed by atoms with Gasteiger partial charge in [0, 0.05) is 42.0 Å². The largest absolute Gasteiger partial charge is 0.393 e. The molecule has 2 aromatic heterocycles. The number of imidazole rings is 1. The molecule has 3 N–H and O–H groups in total. The van der Waals surface area contributed by atoms with Crippen molar-refractivity contribution in [3.8, 4) is 0 Å². The van der Waals surface area contributed by atoms with Gasteiger partial charge >= 0.3 is 0 Å². The number of aliphatic hydroxyl groups is 1. The molecule has 30 heavy (non-hydrogen) atoms. The number of fused-ring (bicyclic) bond motifs is 2. The summed E-state index contributed by atoms with van der Waals surface area (Å²) in [5.41, 5.74) is 10.4. The Bertz CT molecular complexity index is 1070. The molecule has 0 amide bonds. The van der Waals surface area contributed by atoms with E-state index in [0.717, 1.165) is 62.1 Å². The Morgan fingerprint density at radius 3 is 2.90 bits per heavy atom. The molecule has 0 radical (unpaired) electrons. The summed E-state index contributed by atoms with van der Waals surface area (Å²) in [6.45, 7) is 5.17. The van der Waals surface area contributed by atoms with E-state index in [1.807, 2.05) is 13.1 Å². The van der Waals surface area contributed by atoms with E-state index in [4.69, 9.17) is 0 Å². The molecule has 5 rings (SSSR count). The lowest BCUT2D eigenvalue weighted by molar-refractivity contribution is 0.0873. The molecular weight excluding hydrogens is 374 g/mol. The summed E-state index contributed by atoms with van der Waals surface area (Å²) < 4.78 is 0. The number of aliphatic hydroxyl groups excluding tert-OH is 1. The minimum atomic E-state index is -0.199. The molecule has 0 spiro atoms. The standard InChI is InChI=1S/C24H31N5O/c1-15-26-22-20(10-11-25-23(22)27-15)24(2)13-17-12-16(4-9-21(17)28-24)14-29(3)18-5-7-19(30)8-6-18/h9-11,18-19,28,30H,4-8,13-14H2,1-3H3,(H,25,26,27). The zero-order valence-electron chi connectivity index (χ0n) is 18.1. The van der Waals surface area contributed by atoms with Crippen molar-refractivity contribution in [2.45, 2.75) is 70.1 Å². The maximum atomic E-state index is 9.78. The SMILES string of the molecule is Cc1nc2nccc(C3(C)CC4=C=C(CN(C)C5CCC(O)CC5)CC=C4N3)c2[nH]1. The second kappa shape index (κ2) is 7.38. The molecule has 1 saturated carbocycles. The topological polar surface area (TPSA) is 77.1 Å². The maximum absolute atomic E-state index is 9.78. The molecule has 3 heterocycles. The van der Waals surface area contributed by atoms with Crippen LogP contribution in [0.5, 0.6) is 0 Å². The summed E-state index contributed by atoms with van der Waals surface area (Å²) in [5, 5.41) is 13.5. The van der Waals surface area contributed by atoms with Crippen LogP contribution in [-0.2, 0) is 5.54 Å². The van der Waals surface area contributed by atoms with Gasteiger partial charge < -0.3 is 15.4 Å². The maximum Gasteiger partial charge on any atom is 0.178 e. The van der Waals surface area contributed by atoms with Gasteiger partial charge in [-0.15, -0.1) is 5.73 Å². The van der Waals surface area contributed by atoms with E-state index >= 15 is 0 Å². The highest BCUT2D eigenvalue weighted by Crippen LogP contribution is 2.41. The van der Waals surface area contributed by atoms with E-state index in [1.54, 1.807) is 0 Å². The predicted molar refractivity (Wildman–Crippen MR) is 118 cm³/mol. The average Bonchev–Trinajstić information content (AvgIpc) is 3.26. The molecule has 1 saturated heterocycles. The minimum Gasteiger partial charge on any atom is -0.393 e. The zero-order chi connectivity index (χ0) is 20.9. The number of rotatable bonds is 4. The first kappa shape index (κ1) is 19.6. The number of hydrogen-bond acceptors (Lipinski definition) is 5. The molecule has 6 nitrogen and oxygen atoms in total. The molecule has 2 fully saturated rings. The lowest BCUT2D eigenvalue weighted by Crippen LogP contribution is -2.37. The molecule has 1 aliphatic heterocycles. The highest BCUT2D eigenvalue weighted by atomic mass is 16.3. The van der Waals surface area contributed by atoms with E-state index in [1.165, 1.54) is 22.4 Å². The Morgan fingerprint density at radius 2 is 2.10 bits per heavy atom. The van der Waals surface area contributed by atoms with Crippen LogP contribution in [0.1, 0.15) is 56.8 Å². The quantitative estimate of drug-likeness (QED) is 0.679. The van der Waals surface area contributed by atoms with Gasteiger partial charge in [0.25, 0.3) is 0 Å². The van der Waals surface area contributed by atoms with E-state index in [9.17, 15) is 5.11 Å². The number of nitrogens with zero attached hydrogens (tertiary/aromatic N) is 3.